The minimum Gasteiger partial charge on any atom is -0.467 e. The van der Waals surface area contributed by atoms with Crippen molar-refractivity contribution < 1.29 is 23.1 Å². The highest BCUT2D eigenvalue weighted by molar-refractivity contribution is 6.01. The summed E-state index contributed by atoms with van der Waals surface area (Å²) in [6.07, 6.45) is 4.64. The molecule has 1 aliphatic rings. The molecule has 1 atom stereocenters. The van der Waals surface area contributed by atoms with Crippen LogP contribution in [0, 0.1) is 17.6 Å². The largest absolute Gasteiger partial charge is 0.467 e. The van der Waals surface area contributed by atoms with Crippen LogP contribution in [0.3, 0.4) is 0 Å². The average molecular weight is 326 g/mol. The van der Waals surface area contributed by atoms with Crippen LogP contribution in [0.5, 0.6) is 0 Å². The molecule has 0 aromatic heterocycles. The molecule has 1 saturated carbocycles. The van der Waals surface area contributed by atoms with Gasteiger partial charge < -0.3 is 15.8 Å². The van der Waals surface area contributed by atoms with E-state index < -0.39 is 29.6 Å². The van der Waals surface area contributed by atoms with E-state index in [0.717, 1.165) is 44.2 Å². The molecule has 1 fully saturated rings. The van der Waals surface area contributed by atoms with E-state index in [2.05, 4.69) is 5.32 Å². The molecule has 0 heterocycles. The molecule has 1 aromatic carbocycles. The fourth-order valence-corrected chi connectivity index (χ4v) is 2.94. The standard InChI is InChI=1S/C16H20F2N2O3/c1-23-16(22)14(9-5-3-2-4-6-9)20-15(21)10-7-11(17)12(18)8-13(10)19/h7-9,14H,2-6,19H2,1H3,(H,20,21)/t14-/m0/s1. The van der Waals surface area contributed by atoms with Crippen molar-refractivity contribution in [3.63, 3.8) is 0 Å². The third-order valence-electron chi connectivity index (χ3n) is 4.20. The molecule has 5 nitrogen and oxygen atoms in total. The van der Waals surface area contributed by atoms with Crippen LogP contribution in [-0.2, 0) is 9.53 Å². The van der Waals surface area contributed by atoms with Crippen LogP contribution >= 0.6 is 0 Å². The fraction of sp³-hybridized carbons (Fsp3) is 0.500. The van der Waals surface area contributed by atoms with Gasteiger partial charge in [0.15, 0.2) is 11.6 Å². The second-order valence-electron chi connectivity index (χ2n) is 5.73. The number of hydrogen-bond acceptors (Lipinski definition) is 4. The Kier molecular flexibility index (Phi) is 5.52. The summed E-state index contributed by atoms with van der Waals surface area (Å²) in [5.74, 6) is -3.60. The van der Waals surface area contributed by atoms with E-state index >= 15 is 0 Å². The number of carbonyl (C=O) groups is 2. The summed E-state index contributed by atoms with van der Waals surface area (Å²) in [5, 5.41) is 2.56. The molecule has 1 amide bonds. The van der Waals surface area contributed by atoms with Crippen molar-refractivity contribution in [1.82, 2.24) is 5.32 Å². The fourth-order valence-electron chi connectivity index (χ4n) is 2.94. The molecule has 1 aromatic rings. The number of ether oxygens (including phenoxy) is 1. The van der Waals surface area contributed by atoms with Crippen molar-refractivity contribution >= 4 is 17.6 Å². The van der Waals surface area contributed by atoms with Gasteiger partial charge in [-0.25, -0.2) is 13.6 Å². The number of anilines is 1. The predicted octanol–water partition coefficient (Wildman–Crippen LogP) is 2.40. The van der Waals surface area contributed by atoms with Gasteiger partial charge in [0, 0.05) is 11.8 Å². The number of nitrogen functional groups attached to an aromatic ring is 1. The lowest BCUT2D eigenvalue weighted by Crippen LogP contribution is -2.47. The van der Waals surface area contributed by atoms with Crippen molar-refractivity contribution in [2.24, 2.45) is 5.92 Å². The van der Waals surface area contributed by atoms with Gasteiger partial charge in [-0.15, -0.1) is 0 Å². The number of hydrogen-bond donors (Lipinski definition) is 2. The summed E-state index contributed by atoms with van der Waals surface area (Å²) >= 11 is 0. The molecule has 0 radical (unpaired) electrons. The molecular weight excluding hydrogens is 306 g/mol. The average Bonchev–Trinajstić information content (AvgIpc) is 2.55. The Morgan fingerprint density at radius 3 is 2.43 bits per heavy atom. The van der Waals surface area contributed by atoms with Gasteiger partial charge in [0.05, 0.1) is 12.7 Å². The first-order chi connectivity index (χ1) is 10.9. The van der Waals surface area contributed by atoms with Crippen LogP contribution < -0.4 is 11.1 Å². The molecule has 7 heteroatoms. The molecule has 0 unspecified atom stereocenters. The van der Waals surface area contributed by atoms with Crippen molar-refractivity contribution in [2.75, 3.05) is 12.8 Å². The number of benzene rings is 1. The molecule has 0 bridgehead atoms. The van der Waals surface area contributed by atoms with Crippen LogP contribution in [0.4, 0.5) is 14.5 Å². The van der Waals surface area contributed by atoms with Gasteiger partial charge in [-0.1, -0.05) is 19.3 Å². The Labute approximate surface area is 133 Å². The SMILES string of the molecule is COC(=O)[C@@H](NC(=O)c1cc(F)c(F)cc1N)C1CCCCC1. The molecule has 23 heavy (non-hydrogen) atoms. The van der Waals surface area contributed by atoms with Crippen LogP contribution in [0.1, 0.15) is 42.5 Å². The normalized spacial score (nSPS) is 16.7. The van der Waals surface area contributed by atoms with E-state index in [0.29, 0.717) is 0 Å². The zero-order valence-corrected chi connectivity index (χ0v) is 12.9. The Bertz CT molecular complexity index is 601. The number of halogens is 2. The summed E-state index contributed by atoms with van der Waals surface area (Å²) in [5.41, 5.74) is 5.18. The molecule has 126 valence electrons. The maximum absolute atomic E-state index is 13.3. The third-order valence-corrected chi connectivity index (χ3v) is 4.20. The first-order valence-electron chi connectivity index (χ1n) is 7.57. The second-order valence-corrected chi connectivity index (χ2v) is 5.73. The zero-order chi connectivity index (χ0) is 17.0. The molecular formula is C16H20F2N2O3. The van der Waals surface area contributed by atoms with E-state index in [1.165, 1.54) is 7.11 Å². The van der Waals surface area contributed by atoms with E-state index in [1.54, 1.807) is 0 Å². The first-order valence-corrected chi connectivity index (χ1v) is 7.57. The quantitative estimate of drug-likeness (QED) is 0.657. The Hall–Kier alpha value is -2.18. The van der Waals surface area contributed by atoms with Gasteiger partial charge in [-0.2, -0.15) is 0 Å². The lowest BCUT2D eigenvalue weighted by Gasteiger charge is -2.29. The minimum atomic E-state index is -1.17. The van der Waals surface area contributed by atoms with Crippen LogP contribution in [0.2, 0.25) is 0 Å². The maximum Gasteiger partial charge on any atom is 0.328 e. The van der Waals surface area contributed by atoms with Crippen molar-refractivity contribution in [3.8, 4) is 0 Å². The number of amides is 1. The summed E-state index contributed by atoms with van der Waals surface area (Å²) in [6.45, 7) is 0. The van der Waals surface area contributed by atoms with Gasteiger partial charge in [-0.3, -0.25) is 4.79 Å². The Morgan fingerprint density at radius 1 is 1.22 bits per heavy atom. The summed E-state index contributed by atoms with van der Waals surface area (Å²) in [7, 11) is 1.25. The molecule has 3 N–H and O–H groups in total. The van der Waals surface area contributed by atoms with E-state index in [4.69, 9.17) is 10.5 Å². The molecule has 1 aliphatic carbocycles. The number of esters is 1. The molecule has 0 aliphatic heterocycles. The highest BCUT2D eigenvalue weighted by atomic mass is 19.2. The molecule has 0 spiro atoms. The van der Waals surface area contributed by atoms with Gasteiger partial charge >= 0.3 is 5.97 Å². The Balaban J connectivity index is 2.20. The molecule has 2 rings (SSSR count). The smallest absolute Gasteiger partial charge is 0.328 e. The van der Waals surface area contributed by atoms with Crippen LogP contribution in [-0.4, -0.2) is 25.0 Å². The molecule has 0 saturated heterocycles. The third kappa shape index (κ3) is 3.97. The van der Waals surface area contributed by atoms with Crippen molar-refractivity contribution in [3.05, 3.63) is 29.3 Å². The van der Waals surface area contributed by atoms with Gasteiger partial charge in [0.1, 0.15) is 6.04 Å². The van der Waals surface area contributed by atoms with E-state index in [1.807, 2.05) is 0 Å². The van der Waals surface area contributed by atoms with E-state index in [9.17, 15) is 18.4 Å². The minimum absolute atomic E-state index is 0.0355. The second kappa shape index (κ2) is 7.39. The topological polar surface area (TPSA) is 81.4 Å². The lowest BCUT2D eigenvalue weighted by molar-refractivity contribution is -0.144. The summed E-state index contributed by atoms with van der Waals surface area (Å²) in [6, 6.07) is 0.660. The summed E-state index contributed by atoms with van der Waals surface area (Å²) < 4.78 is 31.2. The Morgan fingerprint density at radius 2 is 1.83 bits per heavy atom. The predicted molar refractivity (Wildman–Crippen MR) is 80.6 cm³/mol. The van der Waals surface area contributed by atoms with Crippen molar-refractivity contribution in [2.45, 2.75) is 38.1 Å². The van der Waals surface area contributed by atoms with Gasteiger partial charge in [-0.05, 0) is 24.8 Å². The van der Waals surface area contributed by atoms with Crippen LogP contribution in [0.25, 0.3) is 0 Å². The van der Waals surface area contributed by atoms with E-state index in [-0.39, 0.29) is 17.2 Å². The lowest BCUT2D eigenvalue weighted by atomic mass is 9.83. The number of carbonyl (C=O) groups excluding carboxylic acids is 2. The summed E-state index contributed by atoms with van der Waals surface area (Å²) in [4.78, 5) is 24.3. The van der Waals surface area contributed by atoms with Crippen LogP contribution in [0.15, 0.2) is 12.1 Å². The number of methoxy groups -OCH3 is 1. The number of rotatable bonds is 4. The zero-order valence-electron chi connectivity index (χ0n) is 12.9. The highest BCUT2D eigenvalue weighted by Gasteiger charge is 2.32. The van der Waals surface area contributed by atoms with Gasteiger partial charge in [0.2, 0.25) is 0 Å². The van der Waals surface area contributed by atoms with Crippen molar-refractivity contribution in [1.29, 1.82) is 0 Å². The highest BCUT2D eigenvalue weighted by Crippen LogP contribution is 2.27. The number of nitrogens with two attached hydrogens (primary N) is 1. The number of nitrogens with one attached hydrogen (secondary N) is 1. The maximum atomic E-state index is 13.3. The monoisotopic (exact) mass is 326 g/mol. The first kappa shape index (κ1) is 17.2. The van der Waals surface area contributed by atoms with Gasteiger partial charge in [0.25, 0.3) is 5.91 Å².